The number of nitrogens with zero attached hydrogens (tertiary/aromatic N) is 1. The first-order chi connectivity index (χ1) is 6.91. The number of amides is 1. The van der Waals surface area contributed by atoms with Gasteiger partial charge in [-0.1, -0.05) is 0 Å². The Morgan fingerprint density at radius 1 is 1.73 bits per heavy atom. The number of carbonyl (C=O) groups is 1. The predicted octanol–water partition coefficient (Wildman–Crippen LogP) is 3.52. The Labute approximate surface area is 107 Å². The predicted molar refractivity (Wildman–Crippen MR) is 69.0 cm³/mol. The Balaban J connectivity index is 2.76. The zero-order valence-corrected chi connectivity index (χ0v) is 12.0. The molecule has 2 nitrogen and oxygen atoms in total. The number of rotatable bonds is 3. The van der Waals surface area contributed by atoms with Crippen LogP contribution in [0.1, 0.15) is 22.2 Å². The van der Waals surface area contributed by atoms with Crippen LogP contribution in [0, 0.1) is 6.92 Å². The second-order valence-electron chi connectivity index (χ2n) is 3.53. The summed E-state index contributed by atoms with van der Waals surface area (Å²) < 4.78 is 1.01. The fraction of sp³-hybridized carbons (Fsp3) is 0.500. The summed E-state index contributed by atoms with van der Waals surface area (Å²) >= 11 is 10.7. The van der Waals surface area contributed by atoms with Crippen LogP contribution in [0.2, 0.25) is 0 Å². The fourth-order valence-electron chi connectivity index (χ4n) is 1.21. The van der Waals surface area contributed by atoms with Crippen molar-refractivity contribution in [3.05, 3.63) is 20.3 Å². The van der Waals surface area contributed by atoms with Crippen LogP contribution < -0.4 is 0 Å². The monoisotopic (exact) mass is 309 g/mol. The molecule has 0 aromatic carbocycles. The van der Waals surface area contributed by atoms with Crippen LogP contribution in [-0.2, 0) is 0 Å². The van der Waals surface area contributed by atoms with E-state index < -0.39 is 0 Å². The van der Waals surface area contributed by atoms with Gasteiger partial charge in [-0.25, -0.2) is 0 Å². The zero-order chi connectivity index (χ0) is 11.6. The van der Waals surface area contributed by atoms with Gasteiger partial charge in [-0.05, 0) is 41.4 Å². The van der Waals surface area contributed by atoms with Gasteiger partial charge in [-0.15, -0.1) is 22.9 Å². The van der Waals surface area contributed by atoms with Crippen LogP contribution in [0.25, 0.3) is 0 Å². The molecule has 0 saturated heterocycles. The number of aryl methyl sites for hydroxylation is 1. The molecule has 5 heteroatoms. The topological polar surface area (TPSA) is 20.3 Å². The Kier molecular flexibility index (Phi) is 4.62. The van der Waals surface area contributed by atoms with Crippen molar-refractivity contribution in [2.75, 3.05) is 13.6 Å². The number of thiophene rings is 1. The Bertz CT molecular complexity index is 345. The average Bonchev–Trinajstić information content (AvgIpc) is 2.44. The van der Waals surface area contributed by atoms with Crippen LogP contribution in [-0.4, -0.2) is 29.8 Å². The van der Waals surface area contributed by atoms with Gasteiger partial charge in [0, 0.05) is 19.0 Å². The van der Waals surface area contributed by atoms with Gasteiger partial charge >= 0.3 is 0 Å². The van der Waals surface area contributed by atoms with Crippen molar-refractivity contribution in [1.29, 1.82) is 0 Å². The Morgan fingerprint density at radius 3 is 2.73 bits per heavy atom. The summed E-state index contributed by atoms with van der Waals surface area (Å²) in [6.45, 7) is 4.41. The van der Waals surface area contributed by atoms with Crippen LogP contribution >= 0.6 is 38.9 Å². The van der Waals surface area contributed by atoms with Crippen molar-refractivity contribution in [3.63, 3.8) is 0 Å². The zero-order valence-electron chi connectivity index (χ0n) is 8.88. The summed E-state index contributed by atoms with van der Waals surface area (Å²) in [5, 5.41) is -0.0246. The summed E-state index contributed by atoms with van der Waals surface area (Å²) in [7, 11) is 1.77. The van der Waals surface area contributed by atoms with Crippen molar-refractivity contribution >= 4 is 44.8 Å². The maximum atomic E-state index is 11.9. The van der Waals surface area contributed by atoms with E-state index in [4.69, 9.17) is 11.6 Å². The van der Waals surface area contributed by atoms with E-state index in [1.807, 2.05) is 19.9 Å². The minimum atomic E-state index is -0.0246. The molecule has 0 saturated carbocycles. The van der Waals surface area contributed by atoms with Crippen molar-refractivity contribution in [2.45, 2.75) is 19.2 Å². The van der Waals surface area contributed by atoms with E-state index in [0.29, 0.717) is 6.54 Å². The van der Waals surface area contributed by atoms with Crippen LogP contribution in [0.15, 0.2) is 9.85 Å². The lowest BCUT2D eigenvalue weighted by molar-refractivity contribution is 0.0801. The summed E-state index contributed by atoms with van der Waals surface area (Å²) in [4.78, 5) is 14.3. The van der Waals surface area contributed by atoms with E-state index in [0.717, 1.165) is 14.2 Å². The molecule has 1 unspecified atom stereocenters. The molecule has 1 rings (SSSR count). The highest BCUT2D eigenvalue weighted by Crippen LogP contribution is 2.28. The molecule has 1 amide bonds. The van der Waals surface area contributed by atoms with Gasteiger partial charge in [0.25, 0.3) is 5.91 Å². The molecule has 15 heavy (non-hydrogen) atoms. The number of alkyl halides is 1. The molecule has 1 atom stereocenters. The van der Waals surface area contributed by atoms with Crippen molar-refractivity contribution in [1.82, 2.24) is 4.90 Å². The van der Waals surface area contributed by atoms with E-state index in [1.54, 1.807) is 11.9 Å². The summed E-state index contributed by atoms with van der Waals surface area (Å²) in [6, 6.07) is 1.90. The molecule has 0 radical (unpaired) electrons. The number of hydrogen-bond donors (Lipinski definition) is 0. The fourth-order valence-corrected chi connectivity index (χ4v) is 2.95. The largest absolute Gasteiger partial charge is 0.340 e. The van der Waals surface area contributed by atoms with E-state index in [9.17, 15) is 4.79 Å². The second-order valence-corrected chi connectivity index (χ2v) is 6.65. The Hall–Kier alpha value is -0.0600. The standard InChI is InChI=1S/C10H13BrClNOS/c1-6-4-8(15-9(6)11)10(14)13(3)5-7(2)12/h4,7H,5H2,1-3H3. The van der Waals surface area contributed by atoms with Crippen LogP contribution in [0.5, 0.6) is 0 Å². The highest BCUT2D eigenvalue weighted by Gasteiger charge is 2.16. The third-order valence-corrected chi connectivity index (χ3v) is 4.20. The molecule has 0 aliphatic carbocycles. The van der Waals surface area contributed by atoms with Gasteiger partial charge in [0.05, 0.1) is 8.66 Å². The highest BCUT2D eigenvalue weighted by atomic mass is 79.9. The third-order valence-electron chi connectivity index (χ3n) is 1.94. The van der Waals surface area contributed by atoms with Crippen molar-refractivity contribution in [2.24, 2.45) is 0 Å². The molecule has 0 aliphatic rings. The first-order valence-corrected chi connectivity index (χ1v) is 6.62. The van der Waals surface area contributed by atoms with Crippen molar-refractivity contribution < 1.29 is 4.79 Å². The molecule has 0 N–H and O–H groups in total. The van der Waals surface area contributed by atoms with Gasteiger partial charge in [0.1, 0.15) is 0 Å². The number of halogens is 2. The lowest BCUT2D eigenvalue weighted by Gasteiger charge is -2.17. The van der Waals surface area contributed by atoms with E-state index in [2.05, 4.69) is 15.9 Å². The minimum absolute atomic E-state index is 0.0246. The van der Waals surface area contributed by atoms with Gasteiger partial charge < -0.3 is 4.90 Å². The van der Waals surface area contributed by atoms with Crippen molar-refractivity contribution in [3.8, 4) is 0 Å². The second kappa shape index (κ2) is 5.32. The lowest BCUT2D eigenvalue weighted by Crippen LogP contribution is -2.30. The smallest absolute Gasteiger partial charge is 0.263 e. The molecule has 0 fully saturated rings. The summed E-state index contributed by atoms with van der Waals surface area (Å²) in [6.07, 6.45) is 0. The molecular formula is C10H13BrClNOS. The average molecular weight is 311 g/mol. The maximum Gasteiger partial charge on any atom is 0.263 e. The van der Waals surface area contributed by atoms with Gasteiger partial charge in [0.2, 0.25) is 0 Å². The Morgan fingerprint density at radius 2 is 2.33 bits per heavy atom. The molecule has 1 aromatic rings. The van der Waals surface area contributed by atoms with Gasteiger partial charge in [-0.2, -0.15) is 0 Å². The summed E-state index contributed by atoms with van der Waals surface area (Å²) in [5.41, 5.74) is 1.09. The molecule has 1 aromatic heterocycles. The van der Waals surface area contributed by atoms with E-state index >= 15 is 0 Å². The van der Waals surface area contributed by atoms with E-state index in [-0.39, 0.29) is 11.3 Å². The minimum Gasteiger partial charge on any atom is -0.340 e. The lowest BCUT2D eigenvalue weighted by atomic mass is 10.3. The van der Waals surface area contributed by atoms with E-state index in [1.165, 1.54) is 11.3 Å². The molecule has 0 spiro atoms. The molecule has 1 heterocycles. The summed E-state index contributed by atoms with van der Waals surface area (Å²) in [5.74, 6) is 0.0290. The molecule has 0 bridgehead atoms. The molecule has 84 valence electrons. The van der Waals surface area contributed by atoms with Gasteiger partial charge in [0.15, 0.2) is 0 Å². The van der Waals surface area contributed by atoms with Gasteiger partial charge in [-0.3, -0.25) is 4.79 Å². The molecule has 0 aliphatic heterocycles. The third kappa shape index (κ3) is 3.47. The first-order valence-electron chi connectivity index (χ1n) is 4.57. The van der Waals surface area contributed by atoms with Crippen LogP contribution in [0.3, 0.4) is 0 Å². The first kappa shape index (κ1) is 13.0. The number of carbonyl (C=O) groups excluding carboxylic acids is 1. The quantitative estimate of drug-likeness (QED) is 0.782. The maximum absolute atomic E-state index is 11.9. The normalized spacial score (nSPS) is 12.6. The molecular weight excluding hydrogens is 298 g/mol. The van der Waals surface area contributed by atoms with Crippen LogP contribution in [0.4, 0.5) is 0 Å². The SMILES string of the molecule is Cc1cc(C(=O)N(C)CC(C)Cl)sc1Br. The highest BCUT2D eigenvalue weighted by molar-refractivity contribution is 9.11. The number of hydrogen-bond acceptors (Lipinski definition) is 2.